The van der Waals surface area contributed by atoms with Crippen molar-refractivity contribution in [3.05, 3.63) is 326 Å². The average molecular weight is 1450 g/mol. The van der Waals surface area contributed by atoms with Crippen molar-refractivity contribution in [2.45, 2.75) is 24.7 Å². The van der Waals surface area contributed by atoms with E-state index in [2.05, 4.69) is 0 Å². The highest BCUT2D eigenvalue weighted by Gasteiger charge is 2.40. The van der Waals surface area contributed by atoms with Crippen LogP contribution in [0.2, 0.25) is 0 Å². The minimum Gasteiger partial charge on any atom is -0.309 e. The Morgan fingerprint density at radius 1 is 0.194 bits per heavy atom. The number of halogens is 12. The molecule has 0 spiro atoms. The van der Waals surface area contributed by atoms with Crippen molar-refractivity contribution < 1.29 is 52.7 Å². The second-order valence-corrected chi connectivity index (χ2v) is 25.8. The van der Waals surface area contributed by atoms with Crippen LogP contribution in [0.4, 0.5) is 52.7 Å². The molecule has 8 nitrogen and oxygen atoms in total. The van der Waals surface area contributed by atoms with Crippen LogP contribution in [-0.4, -0.2) is 39.0 Å². The SMILES string of the molecule is FC(F)(F)c1ccc(-c2ccc3c(c2)c2ccccc2n3-c2ccc(-c3nc(-c4ccccc4)nc(-c4ccccc4)n3)cc2-c2cccc(-c3cc(-c4nc(-c5ccccc5)nc(-c5ccccc5)n4)ccc3-n3c4ccccc4c4cc(-c5ccc(C(F)(F)F)cc5C(F)(F)F)ccc43)c2)c(C(F)(F)F)c1. The Kier molecular flexibility index (Phi) is 16.5. The van der Waals surface area contributed by atoms with Crippen LogP contribution in [0, 0.1) is 0 Å². The molecule has 0 amide bonds. The molecule has 13 aromatic carbocycles. The predicted octanol–water partition coefficient (Wildman–Crippen LogP) is 25.0. The van der Waals surface area contributed by atoms with E-state index in [1.807, 2.05) is 228 Å². The molecule has 0 saturated carbocycles. The Labute approximate surface area is 606 Å². The van der Waals surface area contributed by atoms with Crippen molar-refractivity contribution in [2.24, 2.45) is 0 Å². The number of nitrogens with zero attached hydrogens (tertiary/aromatic N) is 8. The van der Waals surface area contributed by atoms with Crippen LogP contribution in [0.3, 0.4) is 0 Å². The third-order valence-electron chi connectivity index (χ3n) is 19.1. The standard InChI is InChI=1S/C88H50F12N8/c89-85(90,91)61-36-38-63(71(49-61)87(95,96)97)57-32-40-77-69(45-57)65-28-13-15-30-73(65)107(77)75-42-34-59(83-103-79(51-18-5-1-6-19-51)101-80(104-83)52-20-7-2-8-21-52)47-67(75)55-26-17-27-56(44-55)68-48-60(84-105-81(53-22-9-3-10-23-53)102-82(106-84)54-24-11-4-12-25-54)35-43-76(68)108-74-31-16-14-29-66(74)70-46-58(33-41-78(70)108)64-39-37-62(86(92,93)94)50-72(64)88(98,99)100/h1-50H. The van der Waals surface area contributed by atoms with E-state index < -0.39 is 58.1 Å². The lowest BCUT2D eigenvalue weighted by Gasteiger charge is -2.19. The molecule has 0 unspecified atom stereocenters. The van der Waals surface area contributed by atoms with Gasteiger partial charge in [-0.25, -0.2) is 29.9 Å². The molecule has 0 atom stereocenters. The van der Waals surface area contributed by atoms with E-state index in [1.54, 1.807) is 36.4 Å². The molecule has 17 aromatic rings. The number of hydrogen-bond donors (Lipinski definition) is 0. The third kappa shape index (κ3) is 12.6. The van der Waals surface area contributed by atoms with Crippen molar-refractivity contribution in [2.75, 3.05) is 0 Å². The van der Waals surface area contributed by atoms with Crippen LogP contribution in [-0.2, 0) is 24.7 Å². The average Bonchev–Trinajstić information content (AvgIpc) is 1.56. The molecule has 0 radical (unpaired) electrons. The van der Waals surface area contributed by atoms with Gasteiger partial charge in [0.1, 0.15) is 0 Å². The summed E-state index contributed by atoms with van der Waals surface area (Å²) in [6, 6.07) is 84.0. The van der Waals surface area contributed by atoms with Crippen LogP contribution in [0.5, 0.6) is 0 Å². The summed E-state index contributed by atoms with van der Waals surface area (Å²) in [5.74, 6) is 2.14. The second-order valence-electron chi connectivity index (χ2n) is 25.8. The summed E-state index contributed by atoms with van der Waals surface area (Å²) in [6.45, 7) is 0. The topological polar surface area (TPSA) is 87.2 Å². The fourth-order valence-corrected chi connectivity index (χ4v) is 14.1. The Morgan fingerprint density at radius 2 is 0.481 bits per heavy atom. The van der Waals surface area contributed by atoms with Crippen LogP contribution in [0.25, 0.3) is 168 Å². The summed E-state index contributed by atoms with van der Waals surface area (Å²) in [5, 5.41) is 2.20. The fraction of sp³-hybridized carbons (Fsp3) is 0.0455. The number of benzene rings is 13. The molecule has 0 aliphatic heterocycles. The van der Waals surface area contributed by atoms with E-state index in [-0.39, 0.29) is 23.3 Å². The van der Waals surface area contributed by atoms with Gasteiger partial charge in [0.2, 0.25) is 0 Å². The summed E-state index contributed by atoms with van der Waals surface area (Å²) in [6.07, 6.45) is -20.4. The largest absolute Gasteiger partial charge is 0.417 e. The fourth-order valence-electron chi connectivity index (χ4n) is 14.1. The first kappa shape index (κ1) is 67.8. The minimum absolute atomic E-state index is 0.0224. The lowest BCUT2D eigenvalue weighted by Crippen LogP contribution is -2.12. The number of alkyl halides is 12. The van der Waals surface area contributed by atoms with Crippen LogP contribution in [0.15, 0.2) is 303 Å². The van der Waals surface area contributed by atoms with Gasteiger partial charge in [-0.3, -0.25) is 0 Å². The third-order valence-corrected chi connectivity index (χ3v) is 19.1. The van der Waals surface area contributed by atoms with E-state index >= 15 is 0 Å². The van der Waals surface area contributed by atoms with Crippen molar-refractivity contribution in [3.63, 3.8) is 0 Å². The summed E-state index contributed by atoms with van der Waals surface area (Å²) in [5.41, 5.74) is 3.16. The molecule has 526 valence electrons. The molecule has 0 N–H and O–H groups in total. The zero-order valence-corrected chi connectivity index (χ0v) is 56.0. The second kappa shape index (κ2) is 26.3. The summed E-state index contributed by atoms with van der Waals surface area (Å²) in [7, 11) is 0. The molecule has 0 fully saturated rings. The molecule has 20 heteroatoms. The predicted molar refractivity (Wildman–Crippen MR) is 396 cm³/mol. The molecule has 0 aliphatic carbocycles. The maximum Gasteiger partial charge on any atom is 0.417 e. The van der Waals surface area contributed by atoms with Crippen molar-refractivity contribution in [3.8, 4) is 124 Å². The number of hydrogen-bond acceptors (Lipinski definition) is 6. The van der Waals surface area contributed by atoms with Crippen molar-refractivity contribution in [1.82, 2.24) is 39.0 Å². The lowest BCUT2D eigenvalue weighted by atomic mass is 9.94. The zero-order chi connectivity index (χ0) is 74.4. The summed E-state index contributed by atoms with van der Waals surface area (Å²) in [4.78, 5) is 30.4. The van der Waals surface area contributed by atoms with Gasteiger partial charge in [0.15, 0.2) is 34.9 Å². The summed E-state index contributed by atoms with van der Waals surface area (Å²) >= 11 is 0. The molecule has 0 saturated heterocycles. The van der Waals surface area contributed by atoms with Gasteiger partial charge >= 0.3 is 24.7 Å². The molecular weight excluding hydrogens is 1400 g/mol. The van der Waals surface area contributed by atoms with Crippen molar-refractivity contribution in [1.29, 1.82) is 0 Å². The molecule has 0 bridgehead atoms. The highest BCUT2D eigenvalue weighted by atomic mass is 19.4. The Balaban J connectivity index is 0.915. The molecule has 4 aromatic heterocycles. The van der Waals surface area contributed by atoms with Gasteiger partial charge in [0, 0.05) is 66.1 Å². The number of fused-ring (bicyclic) bond motifs is 6. The van der Waals surface area contributed by atoms with Gasteiger partial charge in [-0.2, -0.15) is 52.7 Å². The van der Waals surface area contributed by atoms with Crippen LogP contribution in [0.1, 0.15) is 22.3 Å². The molecule has 4 heterocycles. The van der Waals surface area contributed by atoms with Crippen LogP contribution >= 0.6 is 0 Å². The molecule has 0 aliphatic rings. The van der Waals surface area contributed by atoms with Crippen LogP contribution < -0.4 is 0 Å². The van der Waals surface area contributed by atoms with Gasteiger partial charge in [-0.15, -0.1) is 0 Å². The quantitative estimate of drug-likeness (QED) is 0.113. The number of aromatic nitrogens is 8. The van der Waals surface area contributed by atoms with Gasteiger partial charge < -0.3 is 9.13 Å². The smallest absolute Gasteiger partial charge is 0.309 e. The van der Waals surface area contributed by atoms with Gasteiger partial charge in [-0.05, 0) is 137 Å². The summed E-state index contributed by atoms with van der Waals surface area (Å²) < 4.78 is 178. The first-order valence-corrected chi connectivity index (χ1v) is 33.8. The zero-order valence-electron chi connectivity index (χ0n) is 56.0. The molecule has 17 rings (SSSR count). The Morgan fingerprint density at radius 3 is 0.815 bits per heavy atom. The number of para-hydroxylation sites is 2. The first-order chi connectivity index (χ1) is 52.1. The Hall–Kier alpha value is -13.4. The van der Waals surface area contributed by atoms with Gasteiger partial charge in [-0.1, -0.05) is 200 Å². The molecule has 108 heavy (non-hydrogen) atoms. The maximum absolute atomic E-state index is 15.0. The monoisotopic (exact) mass is 1450 g/mol. The van der Waals surface area contributed by atoms with E-state index in [0.29, 0.717) is 158 Å². The van der Waals surface area contributed by atoms with Gasteiger partial charge in [0.25, 0.3) is 0 Å². The van der Waals surface area contributed by atoms with Crippen molar-refractivity contribution >= 4 is 43.6 Å². The highest BCUT2D eigenvalue weighted by molar-refractivity contribution is 6.13. The van der Waals surface area contributed by atoms with E-state index in [0.717, 1.165) is 12.1 Å². The normalized spacial score (nSPS) is 12.3. The number of rotatable bonds is 12. The van der Waals surface area contributed by atoms with E-state index in [4.69, 9.17) is 29.9 Å². The van der Waals surface area contributed by atoms with Gasteiger partial charge in [0.05, 0.1) is 55.7 Å². The lowest BCUT2D eigenvalue weighted by molar-refractivity contribution is -0.144. The highest BCUT2D eigenvalue weighted by Crippen LogP contribution is 2.48. The Bertz CT molecular complexity index is 5870. The minimum atomic E-state index is -5.17. The molecular formula is C88H50F12N8. The van der Waals surface area contributed by atoms with E-state index in [9.17, 15) is 52.7 Å². The van der Waals surface area contributed by atoms with E-state index in [1.165, 1.54) is 12.1 Å². The maximum atomic E-state index is 15.0. The first-order valence-electron chi connectivity index (χ1n) is 33.8.